The lowest BCUT2D eigenvalue weighted by Crippen LogP contribution is -2.03. The Morgan fingerprint density at radius 1 is 1.21 bits per heavy atom. The van der Waals surface area contributed by atoms with Gasteiger partial charge in [0.05, 0.1) is 0 Å². The first-order valence-electron chi connectivity index (χ1n) is 5.79. The molecule has 4 nitrogen and oxygen atoms in total. The topological polar surface area (TPSA) is 59.2 Å². The third-order valence-electron chi connectivity index (χ3n) is 2.81. The number of aromatic nitrogens is 2. The first kappa shape index (κ1) is 12.1. The minimum atomic E-state index is -0.980. The maximum absolute atomic E-state index is 10.2. The van der Waals surface area contributed by atoms with Crippen molar-refractivity contribution in [2.45, 2.75) is 13.0 Å². The van der Waals surface area contributed by atoms with Crippen molar-refractivity contribution in [1.29, 1.82) is 0 Å². The van der Waals surface area contributed by atoms with E-state index in [-0.39, 0.29) is 0 Å². The van der Waals surface area contributed by atoms with Crippen LogP contribution in [0.4, 0.5) is 0 Å². The predicted molar refractivity (Wildman–Crippen MR) is 72.1 cm³/mol. The van der Waals surface area contributed by atoms with Gasteiger partial charge in [0.1, 0.15) is 11.3 Å². The van der Waals surface area contributed by atoms with E-state index in [4.69, 9.17) is 16.0 Å². The molecule has 0 radical (unpaired) electrons. The average Bonchev–Trinajstić information content (AvgIpc) is 2.81. The summed E-state index contributed by atoms with van der Waals surface area (Å²) in [6.07, 6.45) is 2.34. The maximum Gasteiger partial charge on any atom is 0.171 e. The monoisotopic (exact) mass is 274 g/mol. The zero-order valence-electron chi connectivity index (χ0n) is 10.2. The van der Waals surface area contributed by atoms with E-state index in [1.54, 1.807) is 36.7 Å². The van der Waals surface area contributed by atoms with E-state index in [1.165, 1.54) is 0 Å². The largest absolute Gasteiger partial charge is 0.458 e. The Kier molecular flexibility index (Phi) is 2.97. The van der Waals surface area contributed by atoms with E-state index in [0.29, 0.717) is 22.2 Å². The van der Waals surface area contributed by atoms with Gasteiger partial charge in [0, 0.05) is 22.8 Å². The lowest BCUT2D eigenvalue weighted by molar-refractivity contribution is 0.182. The number of hydrogen-bond donors (Lipinski definition) is 1. The molecular formula is C14H11ClN2O2. The summed E-state index contributed by atoms with van der Waals surface area (Å²) in [6.45, 7) is 1.89. The first-order valence-corrected chi connectivity index (χ1v) is 6.17. The zero-order chi connectivity index (χ0) is 13.4. The molecule has 1 aromatic carbocycles. The second-order valence-electron chi connectivity index (χ2n) is 4.35. The molecule has 0 aliphatic carbocycles. The number of hydrogen-bond acceptors (Lipinski definition) is 4. The molecule has 0 saturated heterocycles. The summed E-state index contributed by atoms with van der Waals surface area (Å²) in [6, 6.07) is 7.04. The molecule has 19 heavy (non-hydrogen) atoms. The van der Waals surface area contributed by atoms with Crippen LogP contribution in [-0.4, -0.2) is 15.1 Å². The summed E-state index contributed by atoms with van der Waals surface area (Å²) in [7, 11) is 0. The molecule has 2 aromatic heterocycles. The molecule has 0 bridgehead atoms. The van der Waals surface area contributed by atoms with Crippen LogP contribution in [0.3, 0.4) is 0 Å². The van der Waals surface area contributed by atoms with Crippen LogP contribution in [0.2, 0.25) is 5.02 Å². The Bertz CT molecular complexity index is 722. The minimum absolute atomic E-state index is 0.316. The van der Waals surface area contributed by atoms with Gasteiger partial charge in [-0.05, 0) is 36.8 Å². The van der Waals surface area contributed by atoms with Crippen LogP contribution in [0.15, 0.2) is 41.1 Å². The normalized spacial score (nSPS) is 12.8. The van der Waals surface area contributed by atoms with E-state index >= 15 is 0 Å². The Balaban J connectivity index is 2.01. The molecule has 0 aliphatic heterocycles. The summed E-state index contributed by atoms with van der Waals surface area (Å²) in [5.41, 5.74) is 1.61. The lowest BCUT2D eigenvalue weighted by atomic mass is 10.2. The van der Waals surface area contributed by atoms with Crippen LogP contribution in [0.25, 0.3) is 11.0 Å². The second kappa shape index (κ2) is 4.64. The van der Waals surface area contributed by atoms with Crippen LogP contribution in [0.1, 0.15) is 23.3 Å². The van der Waals surface area contributed by atoms with Crippen LogP contribution in [0, 0.1) is 6.92 Å². The van der Waals surface area contributed by atoms with Crippen molar-refractivity contribution in [3.05, 3.63) is 58.8 Å². The molecule has 2 heterocycles. The smallest absolute Gasteiger partial charge is 0.171 e. The fourth-order valence-corrected chi connectivity index (χ4v) is 2.02. The molecule has 0 aliphatic rings. The number of aliphatic hydroxyl groups excluding tert-OH is 1. The molecule has 0 fully saturated rings. The van der Waals surface area contributed by atoms with Gasteiger partial charge in [-0.15, -0.1) is 0 Å². The van der Waals surface area contributed by atoms with Gasteiger partial charge in [0.2, 0.25) is 0 Å². The Morgan fingerprint density at radius 2 is 1.95 bits per heavy atom. The van der Waals surface area contributed by atoms with Crippen molar-refractivity contribution in [2.75, 3.05) is 0 Å². The van der Waals surface area contributed by atoms with Crippen LogP contribution in [0.5, 0.6) is 0 Å². The molecule has 0 spiro atoms. The molecule has 3 aromatic rings. The summed E-state index contributed by atoms with van der Waals surface area (Å²) in [5, 5.41) is 11.7. The van der Waals surface area contributed by atoms with Crippen LogP contribution >= 0.6 is 11.6 Å². The van der Waals surface area contributed by atoms with Crippen molar-refractivity contribution in [3.8, 4) is 0 Å². The third kappa shape index (κ3) is 2.32. The van der Waals surface area contributed by atoms with Gasteiger partial charge in [-0.1, -0.05) is 11.6 Å². The summed E-state index contributed by atoms with van der Waals surface area (Å²) in [5.74, 6) is 0.719. The number of halogens is 1. The third-order valence-corrected chi connectivity index (χ3v) is 3.05. The van der Waals surface area contributed by atoms with Gasteiger partial charge in [0.15, 0.2) is 11.9 Å². The number of furan rings is 1. The molecule has 1 N–H and O–H groups in total. The molecule has 5 heteroatoms. The summed E-state index contributed by atoms with van der Waals surface area (Å²) in [4.78, 5) is 8.19. The van der Waals surface area contributed by atoms with Crippen LogP contribution < -0.4 is 0 Å². The van der Waals surface area contributed by atoms with E-state index in [0.717, 1.165) is 10.9 Å². The maximum atomic E-state index is 10.2. The molecule has 1 atom stereocenters. The first-order chi connectivity index (χ1) is 9.13. The summed E-state index contributed by atoms with van der Waals surface area (Å²) >= 11 is 5.91. The predicted octanol–water partition coefficient (Wildman–Crippen LogP) is 3.27. The Hall–Kier alpha value is -1.91. The number of fused-ring (bicyclic) bond motifs is 1. The minimum Gasteiger partial charge on any atom is -0.458 e. The van der Waals surface area contributed by atoms with Gasteiger partial charge in [0.25, 0.3) is 0 Å². The standard InChI is InChI=1S/C14H11ClN2O2/c1-8-6-16-14(17-7-8)13(18)12-5-9-4-10(15)2-3-11(9)19-12/h2-7,13,18H,1H3. The van der Waals surface area contributed by atoms with Crippen molar-refractivity contribution < 1.29 is 9.52 Å². The highest BCUT2D eigenvalue weighted by Crippen LogP contribution is 2.28. The van der Waals surface area contributed by atoms with Crippen molar-refractivity contribution in [1.82, 2.24) is 9.97 Å². The molecule has 3 rings (SSSR count). The molecule has 1 unspecified atom stereocenters. The number of benzene rings is 1. The molecule has 96 valence electrons. The van der Waals surface area contributed by atoms with E-state index in [9.17, 15) is 5.11 Å². The van der Waals surface area contributed by atoms with Gasteiger partial charge in [-0.3, -0.25) is 0 Å². The van der Waals surface area contributed by atoms with Crippen molar-refractivity contribution in [3.63, 3.8) is 0 Å². The van der Waals surface area contributed by atoms with E-state index in [2.05, 4.69) is 9.97 Å². The quantitative estimate of drug-likeness (QED) is 0.779. The fourth-order valence-electron chi connectivity index (χ4n) is 1.84. The van der Waals surface area contributed by atoms with Crippen molar-refractivity contribution >= 4 is 22.6 Å². The highest BCUT2D eigenvalue weighted by atomic mass is 35.5. The molecule has 0 amide bonds. The van der Waals surface area contributed by atoms with E-state index in [1.807, 2.05) is 6.92 Å². The molecule has 0 saturated carbocycles. The second-order valence-corrected chi connectivity index (χ2v) is 4.79. The van der Waals surface area contributed by atoms with Gasteiger partial charge in [-0.25, -0.2) is 9.97 Å². The fraction of sp³-hybridized carbons (Fsp3) is 0.143. The highest BCUT2D eigenvalue weighted by molar-refractivity contribution is 6.31. The SMILES string of the molecule is Cc1cnc(C(O)c2cc3cc(Cl)ccc3o2)nc1. The number of rotatable bonds is 2. The van der Waals surface area contributed by atoms with Gasteiger partial charge in [-0.2, -0.15) is 0 Å². The Morgan fingerprint density at radius 3 is 2.68 bits per heavy atom. The van der Waals surface area contributed by atoms with Crippen LogP contribution in [-0.2, 0) is 0 Å². The van der Waals surface area contributed by atoms with E-state index < -0.39 is 6.10 Å². The van der Waals surface area contributed by atoms with Gasteiger partial charge < -0.3 is 9.52 Å². The van der Waals surface area contributed by atoms with Gasteiger partial charge >= 0.3 is 0 Å². The zero-order valence-corrected chi connectivity index (χ0v) is 10.9. The Labute approximate surface area is 114 Å². The highest BCUT2D eigenvalue weighted by Gasteiger charge is 2.18. The molecular weight excluding hydrogens is 264 g/mol. The van der Waals surface area contributed by atoms with Crippen molar-refractivity contribution in [2.24, 2.45) is 0 Å². The lowest BCUT2D eigenvalue weighted by Gasteiger charge is -2.05. The number of nitrogens with zero attached hydrogens (tertiary/aromatic N) is 2. The summed E-state index contributed by atoms with van der Waals surface area (Å²) < 4.78 is 5.58. The number of aryl methyl sites for hydroxylation is 1. The number of aliphatic hydroxyl groups is 1. The average molecular weight is 275 g/mol.